The van der Waals surface area contributed by atoms with Crippen LogP contribution in [0.15, 0.2) is 18.2 Å². The van der Waals surface area contributed by atoms with Crippen molar-refractivity contribution in [2.45, 2.75) is 26.3 Å². The van der Waals surface area contributed by atoms with Crippen LogP contribution in [0.2, 0.25) is 0 Å². The third-order valence-electron chi connectivity index (χ3n) is 4.28. The first-order valence-electron chi connectivity index (χ1n) is 8.90. The molecule has 0 bridgehead atoms. The summed E-state index contributed by atoms with van der Waals surface area (Å²) in [6.07, 6.45) is 2.23. The van der Waals surface area contributed by atoms with Gasteiger partial charge in [0, 0.05) is 32.9 Å². The predicted octanol–water partition coefficient (Wildman–Crippen LogP) is 2.31. The van der Waals surface area contributed by atoms with Gasteiger partial charge < -0.3 is 20.4 Å². The first kappa shape index (κ1) is 18.8. The number of rotatable bonds is 5. The summed E-state index contributed by atoms with van der Waals surface area (Å²) in [6.45, 7) is 3.65. The Balaban J connectivity index is 1.67. The van der Waals surface area contributed by atoms with Gasteiger partial charge >= 0.3 is 6.03 Å². The monoisotopic (exact) mass is 373 g/mol. The molecule has 0 radical (unpaired) electrons. The van der Waals surface area contributed by atoms with Gasteiger partial charge in [0.05, 0.1) is 6.54 Å². The van der Waals surface area contributed by atoms with Crippen LogP contribution in [0, 0.1) is 12.7 Å². The highest BCUT2D eigenvalue weighted by Crippen LogP contribution is 2.18. The number of aryl methyl sites for hydroxylation is 1. The second kappa shape index (κ2) is 8.15. The summed E-state index contributed by atoms with van der Waals surface area (Å²) in [5.74, 6) is 1.28. The standard InChI is InChI=1S/C18H24FN7O/c1-12-6-7-13(10-14(12)19)21-18(27)20-11-15-22-16(25(2)3)24-17(23-15)26-8-4-5-9-26/h6-7,10H,4-5,8-9,11H2,1-3H3,(H2,20,21,27). The number of nitrogens with zero attached hydrogens (tertiary/aromatic N) is 5. The summed E-state index contributed by atoms with van der Waals surface area (Å²) in [6, 6.07) is 4.10. The molecule has 0 atom stereocenters. The topological polar surface area (TPSA) is 86.3 Å². The summed E-state index contributed by atoms with van der Waals surface area (Å²) < 4.78 is 13.6. The van der Waals surface area contributed by atoms with Crippen LogP contribution < -0.4 is 20.4 Å². The predicted molar refractivity (Wildman–Crippen MR) is 103 cm³/mol. The molecule has 1 aromatic carbocycles. The van der Waals surface area contributed by atoms with Crippen molar-refractivity contribution in [1.29, 1.82) is 0 Å². The van der Waals surface area contributed by atoms with Crippen LogP contribution in [0.3, 0.4) is 0 Å². The SMILES string of the molecule is Cc1ccc(NC(=O)NCc2nc(N(C)C)nc(N3CCCC3)n2)cc1F. The number of carbonyl (C=O) groups excluding carboxylic acids is 1. The highest BCUT2D eigenvalue weighted by atomic mass is 19.1. The number of urea groups is 1. The van der Waals surface area contributed by atoms with E-state index >= 15 is 0 Å². The number of hydrogen-bond donors (Lipinski definition) is 2. The van der Waals surface area contributed by atoms with Crippen molar-refractivity contribution in [3.8, 4) is 0 Å². The van der Waals surface area contributed by atoms with Crippen molar-refractivity contribution in [3.05, 3.63) is 35.4 Å². The van der Waals surface area contributed by atoms with Gasteiger partial charge in [0.15, 0.2) is 5.82 Å². The molecule has 1 aromatic heterocycles. The van der Waals surface area contributed by atoms with E-state index in [-0.39, 0.29) is 12.4 Å². The normalized spacial score (nSPS) is 13.6. The molecule has 0 aliphatic carbocycles. The zero-order valence-corrected chi connectivity index (χ0v) is 15.8. The van der Waals surface area contributed by atoms with Gasteiger partial charge in [-0.25, -0.2) is 9.18 Å². The van der Waals surface area contributed by atoms with E-state index in [4.69, 9.17) is 0 Å². The van der Waals surface area contributed by atoms with Crippen LogP contribution in [-0.4, -0.2) is 48.2 Å². The van der Waals surface area contributed by atoms with Crippen LogP contribution in [0.4, 0.5) is 26.8 Å². The third-order valence-corrected chi connectivity index (χ3v) is 4.28. The first-order chi connectivity index (χ1) is 12.9. The number of benzene rings is 1. The summed E-state index contributed by atoms with van der Waals surface area (Å²) in [5, 5.41) is 5.31. The maximum atomic E-state index is 13.6. The minimum atomic E-state index is -0.451. The lowest BCUT2D eigenvalue weighted by Crippen LogP contribution is -2.30. The Morgan fingerprint density at radius 2 is 1.96 bits per heavy atom. The fraction of sp³-hybridized carbons (Fsp3) is 0.444. The molecule has 2 N–H and O–H groups in total. The molecule has 2 amide bonds. The van der Waals surface area contributed by atoms with Crippen molar-refractivity contribution < 1.29 is 9.18 Å². The molecule has 27 heavy (non-hydrogen) atoms. The average Bonchev–Trinajstić information content (AvgIpc) is 3.17. The molecule has 0 saturated carbocycles. The van der Waals surface area contributed by atoms with Crippen LogP contribution in [0.25, 0.3) is 0 Å². The quantitative estimate of drug-likeness (QED) is 0.836. The van der Waals surface area contributed by atoms with Crippen molar-refractivity contribution in [2.24, 2.45) is 0 Å². The van der Waals surface area contributed by atoms with E-state index in [2.05, 4.69) is 30.5 Å². The fourth-order valence-corrected chi connectivity index (χ4v) is 2.74. The van der Waals surface area contributed by atoms with Crippen LogP contribution in [-0.2, 0) is 6.54 Å². The lowest BCUT2D eigenvalue weighted by Gasteiger charge is -2.19. The van der Waals surface area contributed by atoms with Gasteiger partial charge in [-0.05, 0) is 37.5 Å². The van der Waals surface area contributed by atoms with E-state index in [1.807, 2.05) is 14.1 Å². The zero-order valence-electron chi connectivity index (χ0n) is 15.8. The third kappa shape index (κ3) is 4.81. The average molecular weight is 373 g/mol. The maximum Gasteiger partial charge on any atom is 0.319 e. The van der Waals surface area contributed by atoms with E-state index in [1.165, 1.54) is 6.07 Å². The van der Waals surface area contributed by atoms with Crippen LogP contribution >= 0.6 is 0 Å². The van der Waals surface area contributed by atoms with Gasteiger partial charge in [-0.1, -0.05) is 6.07 Å². The number of anilines is 3. The minimum absolute atomic E-state index is 0.143. The van der Waals surface area contributed by atoms with Gasteiger partial charge in [0.25, 0.3) is 0 Å². The van der Waals surface area contributed by atoms with Crippen molar-refractivity contribution in [1.82, 2.24) is 20.3 Å². The van der Waals surface area contributed by atoms with Crippen molar-refractivity contribution in [3.63, 3.8) is 0 Å². The van der Waals surface area contributed by atoms with Gasteiger partial charge in [0.1, 0.15) is 5.82 Å². The summed E-state index contributed by atoms with van der Waals surface area (Å²) >= 11 is 0. The number of hydrogen-bond acceptors (Lipinski definition) is 6. The molecule has 3 rings (SSSR count). The minimum Gasteiger partial charge on any atom is -0.347 e. The molecule has 144 valence electrons. The first-order valence-corrected chi connectivity index (χ1v) is 8.90. The Hall–Kier alpha value is -2.97. The molecule has 0 spiro atoms. The smallest absolute Gasteiger partial charge is 0.319 e. The zero-order chi connectivity index (χ0) is 19.4. The molecule has 1 fully saturated rings. The van der Waals surface area contributed by atoms with Gasteiger partial charge in [-0.15, -0.1) is 0 Å². The van der Waals surface area contributed by atoms with Crippen LogP contribution in [0.1, 0.15) is 24.2 Å². The van der Waals surface area contributed by atoms with E-state index in [1.54, 1.807) is 24.0 Å². The van der Waals surface area contributed by atoms with Gasteiger partial charge in [0.2, 0.25) is 11.9 Å². The number of nitrogens with one attached hydrogen (secondary N) is 2. The summed E-state index contributed by atoms with van der Waals surface area (Å²) in [4.78, 5) is 29.4. The molecule has 1 aliphatic heterocycles. The van der Waals surface area contributed by atoms with Gasteiger partial charge in [-0.2, -0.15) is 15.0 Å². The molecule has 1 aliphatic rings. The maximum absolute atomic E-state index is 13.6. The number of carbonyl (C=O) groups is 1. The largest absolute Gasteiger partial charge is 0.347 e. The van der Waals surface area contributed by atoms with Crippen molar-refractivity contribution in [2.75, 3.05) is 42.3 Å². The molecule has 2 aromatic rings. The van der Waals surface area contributed by atoms with E-state index in [0.29, 0.717) is 29.0 Å². The Morgan fingerprint density at radius 3 is 2.63 bits per heavy atom. The molecule has 9 heteroatoms. The highest BCUT2D eigenvalue weighted by Gasteiger charge is 2.18. The lowest BCUT2D eigenvalue weighted by molar-refractivity contribution is 0.251. The Kier molecular flexibility index (Phi) is 5.68. The Labute approximate surface area is 157 Å². The Bertz CT molecular complexity index is 821. The lowest BCUT2D eigenvalue weighted by atomic mass is 10.2. The van der Waals surface area contributed by atoms with Gasteiger partial charge in [-0.3, -0.25) is 0 Å². The molecule has 2 heterocycles. The molecular formula is C18H24FN7O. The van der Waals surface area contributed by atoms with E-state index in [9.17, 15) is 9.18 Å². The number of aromatic nitrogens is 3. The highest BCUT2D eigenvalue weighted by molar-refractivity contribution is 5.89. The molecule has 1 saturated heterocycles. The Morgan fingerprint density at radius 1 is 1.22 bits per heavy atom. The molecular weight excluding hydrogens is 349 g/mol. The van der Waals surface area contributed by atoms with E-state index < -0.39 is 6.03 Å². The molecule has 0 unspecified atom stereocenters. The second-order valence-corrected chi connectivity index (χ2v) is 6.71. The summed E-state index contributed by atoms with van der Waals surface area (Å²) in [5.41, 5.74) is 0.912. The fourth-order valence-electron chi connectivity index (χ4n) is 2.74. The van der Waals surface area contributed by atoms with Crippen molar-refractivity contribution >= 4 is 23.6 Å². The summed E-state index contributed by atoms with van der Waals surface area (Å²) in [7, 11) is 3.72. The van der Waals surface area contributed by atoms with Crippen LogP contribution in [0.5, 0.6) is 0 Å². The molecule has 8 nitrogen and oxygen atoms in total. The number of amides is 2. The van der Waals surface area contributed by atoms with E-state index in [0.717, 1.165) is 25.9 Å². The number of halogens is 1. The second-order valence-electron chi connectivity index (χ2n) is 6.71.